The summed E-state index contributed by atoms with van der Waals surface area (Å²) >= 11 is 8.41. The van der Waals surface area contributed by atoms with Crippen LogP contribution in [0.4, 0.5) is 0 Å². The van der Waals surface area contributed by atoms with Crippen LogP contribution in [0.2, 0.25) is 5.02 Å². The highest BCUT2D eigenvalue weighted by atomic mass is 127. The maximum absolute atomic E-state index is 12.4. The van der Waals surface area contributed by atoms with Crippen LogP contribution in [0.15, 0.2) is 59.7 Å². The molecule has 1 amide bonds. The van der Waals surface area contributed by atoms with Gasteiger partial charge in [-0.1, -0.05) is 29.8 Å². The molecule has 1 aliphatic rings. The van der Waals surface area contributed by atoms with Crippen LogP contribution in [-0.4, -0.2) is 25.5 Å². The Morgan fingerprint density at radius 2 is 1.97 bits per heavy atom. The highest BCUT2D eigenvalue weighted by Crippen LogP contribution is 2.35. The predicted molar refractivity (Wildman–Crippen MR) is 134 cm³/mol. The van der Waals surface area contributed by atoms with Crippen LogP contribution in [0.25, 0.3) is 0 Å². The normalized spacial score (nSPS) is 12.1. The Morgan fingerprint density at radius 1 is 1.15 bits per heavy atom. The van der Waals surface area contributed by atoms with Crippen molar-refractivity contribution >= 4 is 46.3 Å². The van der Waals surface area contributed by atoms with Crippen molar-refractivity contribution in [1.29, 1.82) is 0 Å². The van der Waals surface area contributed by atoms with Crippen molar-refractivity contribution < 1.29 is 23.7 Å². The van der Waals surface area contributed by atoms with Crippen LogP contribution in [0.5, 0.6) is 23.0 Å². The lowest BCUT2D eigenvalue weighted by molar-refractivity contribution is 0.0954. The maximum Gasteiger partial charge on any atom is 0.271 e. The zero-order valence-electron chi connectivity index (χ0n) is 17.6. The van der Waals surface area contributed by atoms with Crippen LogP contribution >= 0.6 is 34.2 Å². The Hall–Kier alpha value is -2.98. The molecule has 0 atom stereocenters. The third-order valence-corrected chi connectivity index (χ3v) is 5.85. The van der Waals surface area contributed by atoms with Gasteiger partial charge in [0.25, 0.3) is 5.91 Å². The fourth-order valence-corrected chi connectivity index (χ4v) is 4.07. The molecule has 0 spiro atoms. The Morgan fingerprint density at radius 3 is 2.79 bits per heavy atom. The Kier molecular flexibility index (Phi) is 7.56. The first-order valence-electron chi connectivity index (χ1n) is 10.1. The lowest BCUT2D eigenvalue weighted by Crippen LogP contribution is -2.17. The van der Waals surface area contributed by atoms with Crippen LogP contribution in [0.3, 0.4) is 0 Å². The number of hydrogen-bond acceptors (Lipinski definition) is 6. The number of carbonyl (C=O) groups excluding carboxylic acids is 1. The summed E-state index contributed by atoms with van der Waals surface area (Å²) in [7, 11) is 0. The molecule has 0 aliphatic carbocycles. The minimum Gasteiger partial charge on any atom is -0.490 e. The highest BCUT2D eigenvalue weighted by molar-refractivity contribution is 14.1. The second-order valence-corrected chi connectivity index (χ2v) is 8.48. The molecule has 1 N–H and O–H groups in total. The van der Waals surface area contributed by atoms with E-state index in [1.807, 2.05) is 43.3 Å². The number of rotatable bonds is 8. The van der Waals surface area contributed by atoms with E-state index in [2.05, 4.69) is 33.1 Å². The summed E-state index contributed by atoms with van der Waals surface area (Å²) in [5.74, 6) is 2.00. The molecule has 33 heavy (non-hydrogen) atoms. The van der Waals surface area contributed by atoms with Gasteiger partial charge in [0.1, 0.15) is 6.61 Å². The molecular formula is C24H20ClIN2O5. The lowest BCUT2D eigenvalue weighted by Gasteiger charge is -2.15. The topological polar surface area (TPSA) is 78.4 Å². The van der Waals surface area contributed by atoms with Crippen LogP contribution in [0, 0.1) is 3.57 Å². The van der Waals surface area contributed by atoms with E-state index in [1.54, 1.807) is 24.4 Å². The number of hydrogen-bond donors (Lipinski definition) is 1. The van der Waals surface area contributed by atoms with Crippen LogP contribution in [-0.2, 0) is 6.61 Å². The second kappa shape index (κ2) is 10.8. The zero-order valence-corrected chi connectivity index (χ0v) is 20.6. The van der Waals surface area contributed by atoms with E-state index in [0.29, 0.717) is 46.8 Å². The Bertz CT molecular complexity index is 1200. The number of nitrogens with one attached hydrogen (secondary N) is 1. The van der Waals surface area contributed by atoms with Gasteiger partial charge in [-0.2, -0.15) is 5.10 Å². The number of nitrogens with zero attached hydrogens (tertiary/aromatic N) is 1. The molecule has 0 fully saturated rings. The third kappa shape index (κ3) is 5.69. The minimum absolute atomic E-state index is 0.150. The lowest BCUT2D eigenvalue weighted by atomic mass is 10.2. The molecule has 3 aromatic rings. The van der Waals surface area contributed by atoms with Crippen molar-refractivity contribution in [3.63, 3.8) is 0 Å². The van der Waals surface area contributed by atoms with Crippen LogP contribution in [0.1, 0.15) is 28.4 Å². The van der Waals surface area contributed by atoms with Gasteiger partial charge in [0.05, 0.1) is 16.4 Å². The van der Waals surface area contributed by atoms with E-state index in [-0.39, 0.29) is 12.7 Å². The number of benzene rings is 3. The van der Waals surface area contributed by atoms with E-state index < -0.39 is 0 Å². The summed E-state index contributed by atoms with van der Waals surface area (Å²) in [4.78, 5) is 12.4. The number of carbonyl (C=O) groups is 1. The number of hydrazone groups is 1. The van der Waals surface area contributed by atoms with E-state index in [9.17, 15) is 4.79 Å². The first-order valence-corrected chi connectivity index (χ1v) is 11.6. The molecule has 7 nitrogen and oxygen atoms in total. The Balaban J connectivity index is 1.45. The SMILES string of the molecule is CCOc1cc(C=NNC(=O)c2ccc3c(c2)OCO3)cc(I)c1OCc1ccccc1Cl. The van der Waals surface area contributed by atoms with Crippen molar-refractivity contribution in [2.45, 2.75) is 13.5 Å². The first kappa shape index (κ1) is 23.2. The zero-order chi connectivity index (χ0) is 23.2. The van der Waals surface area contributed by atoms with Gasteiger partial charge in [-0.3, -0.25) is 4.79 Å². The molecular weight excluding hydrogens is 559 g/mol. The molecule has 0 aromatic heterocycles. The summed E-state index contributed by atoms with van der Waals surface area (Å²) in [5, 5.41) is 4.72. The van der Waals surface area contributed by atoms with Gasteiger partial charge in [0, 0.05) is 16.1 Å². The summed E-state index contributed by atoms with van der Waals surface area (Å²) in [5.41, 5.74) is 4.58. The summed E-state index contributed by atoms with van der Waals surface area (Å²) in [6, 6.07) is 16.2. The fourth-order valence-electron chi connectivity index (χ4n) is 3.10. The van der Waals surface area contributed by atoms with Crippen molar-refractivity contribution in [2.75, 3.05) is 13.4 Å². The molecule has 170 valence electrons. The molecule has 4 rings (SSSR count). The molecule has 9 heteroatoms. The number of fused-ring (bicyclic) bond motifs is 1. The first-order chi connectivity index (χ1) is 16.0. The largest absolute Gasteiger partial charge is 0.490 e. The van der Waals surface area contributed by atoms with Crippen LogP contribution < -0.4 is 24.4 Å². The van der Waals surface area contributed by atoms with Gasteiger partial charge >= 0.3 is 0 Å². The summed E-state index contributed by atoms with van der Waals surface area (Å²) < 4.78 is 23.2. The average molecular weight is 579 g/mol. The third-order valence-electron chi connectivity index (χ3n) is 4.68. The monoisotopic (exact) mass is 578 g/mol. The van der Waals surface area contributed by atoms with Gasteiger partial charge in [0.2, 0.25) is 6.79 Å². The fraction of sp³-hybridized carbons (Fsp3) is 0.167. The summed E-state index contributed by atoms with van der Waals surface area (Å²) in [6.45, 7) is 2.84. The van der Waals surface area contributed by atoms with E-state index in [4.69, 9.17) is 30.5 Å². The van der Waals surface area contributed by atoms with Crippen molar-refractivity contribution in [3.05, 3.63) is 79.9 Å². The van der Waals surface area contributed by atoms with Crippen molar-refractivity contribution in [1.82, 2.24) is 5.43 Å². The maximum atomic E-state index is 12.4. The van der Waals surface area contributed by atoms with Gasteiger partial charge in [-0.15, -0.1) is 0 Å². The quantitative estimate of drug-likeness (QED) is 0.220. The standard InChI is InChI=1S/C24H20ClIN2O5/c1-2-30-22-10-15(9-19(26)23(22)31-13-17-5-3-4-6-18(17)25)12-27-28-24(29)16-7-8-20-21(11-16)33-14-32-20/h3-12H,2,13-14H2,1H3,(H,28,29). The molecule has 0 saturated carbocycles. The molecule has 0 saturated heterocycles. The number of halogens is 2. The van der Waals surface area contributed by atoms with Crippen molar-refractivity contribution in [3.8, 4) is 23.0 Å². The summed E-state index contributed by atoms with van der Waals surface area (Å²) in [6.07, 6.45) is 1.55. The van der Waals surface area contributed by atoms with E-state index in [0.717, 1.165) is 14.7 Å². The highest BCUT2D eigenvalue weighted by Gasteiger charge is 2.16. The smallest absolute Gasteiger partial charge is 0.271 e. The molecule has 1 heterocycles. The Labute approximate surface area is 209 Å². The van der Waals surface area contributed by atoms with Crippen molar-refractivity contribution in [2.24, 2.45) is 5.10 Å². The van der Waals surface area contributed by atoms with E-state index in [1.165, 1.54) is 0 Å². The number of amides is 1. The molecule has 0 unspecified atom stereocenters. The van der Waals surface area contributed by atoms with Gasteiger partial charge in [-0.25, -0.2) is 5.43 Å². The molecule has 1 aliphatic heterocycles. The second-order valence-electron chi connectivity index (χ2n) is 6.91. The van der Waals surface area contributed by atoms with E-state index >= 15 is 0 Å². The predicted octanol–water partition coefficient (Wildman–Crippen LogP) is 5.41. The van der Waals surface area contributed by atoms with Gasteiger partial charge in [-0.05, 0) is 71.5 Å². The number of ether oxygens (including phenoxy) is 4. The molecule has 3 aromatic carbocycles. The van der Waals surface area contributed by atoms with Gasteiger partial charge in [0.15, 0.2) is 23.0 Å². The molecule has 0 bridgehead atoms. The average Bonchev–Trinajstić information content (AvgIpc) is 3.28. The molecule has 0 radical (unpaired) electrons. The van der Waals surface area contributed by atoms with Gasteiger partial charge < -0.3 is 18.9 Å². The minimum atomic E-state index is -0.357.